The summed E-state index contributed by atoms with van der Waals surface area (Å²) in [5, 5.41) is 15.1. The molecule has 9 heteroatoms. The molecule has 1 N–H and O–H groups in total. The minimum absolute atomic E-state index is 0.0371. The summed E-state index contributed by atoms with van der Waals surface area (Å²) < 4.78 is 58.2. The van der Waals surface area contributed by atoms with E-state index in [4.69, 9.17) is 0 Å². The predicted octanol–water partition coefficient (Wildman–Crippen LogP) is 4.97. The van der Waals surface area contributed by atoms with Gasteiger partial charge in [0, 0.05) is 13.1 Å². The Bertz CT molecular complexity index is 1460. The first-order chi connectivity index (χ1) is 17.4. The van der Waals surface area contributed by atoms with Gasteiger partial charge in [-0.15, -0.1) is 0 Å². The number of hydrogen-bond donors (Lipinski definition) is 1. The van der Waals surface area contributed by atoms with Crippen LogP contribution in [0.2, 0.25) is 0 Å². The van der Waals surface area contributed by atoms with Crippen LogP contribution in [0, 0.1) is 23.0 Å². The maximum atomic E-state index is 14.6. The Morgan fingerprint density at radius 3 is 2.54 bits per heavy atom. The lowest BCUT2D eigenvalue weighted by Gasteiger charge is -2.39. The summed E-state index contributed by atoms with van der Waals surface area (Å²) in [4.78, 5) is -0.385. The van der Waals surface area contributed by atoms with Crippen molar-refractivity contribution in [2.45, 2.75) is 50.5 Å². The van der Waals surface area contributed by atoms with E-state index in [1.54, 1.807) is 30.7 Å². The quantitative estimate of drug-likeness (QED) is 0.471. The van der Waals surface area contributed by atoms with Crippen molar-refractivity contribution in [3.8, 4) is 5.69 Å². The summed E-state index contributed by atoms with van der Waals surface area (Å²) >= 11 is 0. The van der Waals surface area contributed by atoms with Gasteiger partial charge in [-0.25, -0.2) is 21.9 Å². The molecule has 3 aromatic rings. The Labute approximate surface area is 216 Å². The molecule has 2 atom stereocenters. The van der Waals surface area contributed by atoms with Crippen LogP contribution >= 0.6 is 0 Å². The molecular weight excluding hydrogens is 496 g/mol. The largest absolute Gasteiger partial charge is 0.389 e. The van der Waals surface area contributed by atoms with Gasteiger partial charge in [-0.2, -0.15) is 9.40 Å². The first kappa shape index (κ1) is 25.8. The summed E-state index contributed by atoms with van der Waals surface area (Å²) in [5.74, 6) is -1.16. The van der Waals surface area contributed by atoms with E-state index < -0.39 is 21.4 Å². The van der Waals surface area contributed by atoms with Crippen molar-refractivity contribution in [3.05, 3.63) is 83.2 Å². The predicted molar refractivity (Wildman–Crippen MR) is 137 cm³/mol. The third-order valence-corrected chi connectivity index (χ3v) is 9.51. The number of nitrogens with zero attached hydrogens (tertiary/aromatic N) is 3. The molecule has 0 bridgehead atoms. The first-order valence-electron chi connectivity index (χ1n) is 12.4. The molecule has 0 unspecified atom stereocenters. The van der Waals surface area contributed by atoms with Gasteiger partial charge in [0.25, 0.3) is 0 Å². The minimum Gasteiger partial charge on any atom is -0.389 e. The maximum Gasteiger partial charge on any atom is 0.246 e. The van der Waals surface area contributed by atoms with E-state index >= 15 is 0 Å². The SMILES string of the molecule is CC(C)(O)CN(C[C@H]1CCC2=Cc3c(cnn3-c3ccc(F)cc3)C[C@@]21C)S(=O)(=O)c1ccccc1F. The van der Waals surface area contributed by atoms with Crippen LogP contribution in [0.3, 0.4) is 0 Å². The van der Waals surface area contributed by atoms with Gasteiger partial charge in [0.05, 0.1) is 23.2 Å². The highest BCUT2D eigenvalue weighted by atomic mass is 32.2. The van der Waals surface area contributed by atoms with Gasteiger partial charge in [0.2, 0.25) is 10.0 Å². The number of fused-ring (bicyclic) bond motifs is 2. The van der Waals surface area contributed by atoms with Crippen LogP contribution in [-0.2, 0) is 16.4 Å². The first-order valence-corrected chi connectivity index (χ1v) is 13.8. The topological polar surface area (TPSA) is 75.4 Å². The smallest absolute Gasteiger partial charge is 0.246 e. The molecule has 0 spiro atoms. The molecule has 0 saturated heterocycles. The van der Waals surface area contributed by atoms with E-state index in [1.165, 1.54) is 40.2 Å². The summed E-state index contributed by atoms with van der Waals surface area (Å²) in [6.07, 6.45) is 6.19. The normalized spacial score (nSPS) is 21.6. The van der Waals surface area contributed by atoms with Crippen LogP contribution in [0.4, 0.5) is 8.78 Å². The summed E-state index contributed by atoms with van der Waals surface area (Å²) in [5.41, 5.74) is 2.35. The molecule has 6 nitrogen and oxygen atoms in total. The van der Waals surface area contributed by atoms with Gasteiger partial charge in [-0.3, -0.25) is 0 Å². The molecule has 2 aliphatic carbocycles. The Balaban J connectivity index is 1.47. The molecule has 0 aliphatic heterocycles. The molecule has 37 heavy (non-hydrogen) atoms. The van der Waals surface area contributed by atoms with Crippen molar-refractivity contribution in [3.63, 3.8) is 0 Å². The standard InChI is InChI=1S/C28H31F2N3O3S/c1-27(2,34)18-32(37(35,36)26-7-5-4-6-24(26)30)17-21-9-8-20-14-25-19(15-28(20,21)3)16-31-33(25)23-12-10-22(29)11-13-23/h4-7,10-14,16,21,34H,8-9,15,17-18H2,1-3H3/t21-,28+/m1/s1. The van der Waals surface area contributed by atoms with Crippen LogP contribution in [0.25, 0.3) is 11.8 Å². The maximum absolute atomic E-state index is 14.6. The number of sulfonamides is 1. The summed E-state index contributed by atoms with van der Waals surface area (Å²) in [7, 11) is -4.18. The highest BCUT2D eigenvalue weighted by Gasteiger charge is 2.47. The average molecular weight is 528 g/mol. The number of aliphatic hydroxyl groups is 1. The number of benzene rings is 2. The molecule has 2 aliphatic rings. The number of allylic oxidation sites excluding steroid dienone is 1. The second-order valence-electron chi connectivity index (χ2n) is 11.0. The Kier molecular flexibility index (Phi) is 6.37. The average Bonchev–Trinajstić information content (AvgIpc) is 3.36. The van der Waals surface area contributed by atoms with Crippen molar-refractivity contribution in [1.29, 1.82) is 0 Å². The van der Waals surface area contributed by atoms with E-state index in [2.05, 4.69) is 18.1 Å². The third-order valence-electron chi connectivity index (χ3n) is 7.66. The van der Waals surface area contributed by atoms with Crippen molar-refractivity contribution >= 4 is 16.1 Å². The highest BCUT2D eigenvalue weighted by molar-refractivity contribution is 7.89. The van der Waals surface area contributed by atoms with Crippen molar-refractivity contribution in [1.82, 2.24) is 14.1 Å². The van der Waals surface area contributed by atoms with E-state index in [-0.39, 0.29) is 35.1 Å². The van der Waals surface area contributed by atoms with Gasteiger partial charge < -0.3 is 5.11 Å². The third kappa shape index (κ3) is 4.76. The molecule has 1 aromatic heterocycles. The molecule has 1 saturated carbocycles. The van der Waals surface area contributed by atoms with E-state index in [9.17, 15) is 22.3 Å². The summed E-state index contributed by atoms with van der Waals surface area (Å²) in [6, 6.07) is 11.5. The van der Waals surface area contributed by atoms with Gasteiger partial charge >= 0.3 is 0 Å². The van der Waals surface area contributed by atoms with E-state index in [1.807, 2.05) is 6.20 Å². The van der Waals surface area contributed by atoms with E-state index in [0.29, 0.717) is 6.42 Å². The zero-order valence-corrected chi connectivity index (χ0v) is 22.0. The van der Waals surface area contributed by atoms with Gasteiger partial charge in [0.15, 0.2) is 0 Å². The van der Waals surface area contributed by atoms with Crippen LogP contribution in [0.15, 0.2) is 65.2 Å². The van der Waals surface area contributed by atoms with Crippen molar-refractivity contribution in [2.75, 3.05) is 13.1 Å². The zero-order chi connectivity index (χ0) is 26.6. The van der Waals surface area contributed by atoms with Gasteiger partial charge in [-0.1, -0.05) is 24.6 Å². The monoisotopic (exact) mass is 527 g/mol. The molecule has 2 aromatic carbocycles. The number of halogens is 2. The second-order valence-corrected chi connectivity index (χ2v) is 12.9. The Morgan fingerprint density at radius 1 is 1.16 bits per heavy atom. The van der Waals surface area contributed by atoms with E-state index in [0.717, 1.165) is 35.9 Å². The fourth-order valence-electron chi connectivity index (χ4n) is 5.73. The molecule has 0 radical (unpaired) electrons. The van der Waals surface area contributed by atoms with Crippen LogP contribution in [0.1, 0.15) is 44.9 Å². The molecule has 196 valence electrons. The molecule has 1 heterocycles. The fraction of sp³-hybridized carbons (Fsp3) is 0.393. The Hall–Kier alpha value is -2.88. The Morgan fingerprint density at radius 2 is 1.86 bits per heavy atom. The van der Waals surface area contributed by atoms with Crippen molar-refractivity contribution in [2.24, 2.45) is 11.3 Å². The van der Waals surface area contributed by atoms with Crippen LogP contribution in [0.5, 0.6) is 0 Å². The van der Waals surface area contributed by atoms with Gasteiger partial charge in [0.1, 0.15) is 16.5 Å². The minimum atomic E-state index is -4.18. The van der Waals surface area contributed by atoms with Crippen LogP contribution < -0.4 is 0 Å². The molecule has 5 rings (SSSR count). The highest BCUT2D eigenvalue weighted by Crippen LogP contribution is 2.53. The second kappa shape index (κ2) is 9.15. The lowest BCUT2D eigenvalue weighted by atomic mass is 9.70. The zero-order valence-electron chi connectivity index (χ0n) is 21.2. The van der Waals surface area contributed by atoms with Crippen LogP contribution in [-0.4, -0.2) is 46.3 Å². The summed E-state index contributed by atoms with van der Waals surface area (Å²) in [6.45, 7) is 5.26. The molecule has 0 amide bonds. The number of aromatic nitrogens is 2. The fourth-order valence-corrected chi connectivity index (χ4v) is 7.44. The lowest BCUT2D eigenvalue weighted by molar-refractivity contribution is 0.0520. The van der Waals surface area contributed by atoms with Gasteiger partial charge in [-0.05, 0) is 92.5 Å². The molecule has 1 fully saturated rings. The lowest BCUT2D eigenvalue weighted by Crippen LogP contribution is -2.46. The number of rotatable bonds is 7. The molecular formula is C28H31F2N3O3S. The number of hydrogen-bond acceptors (Lipinski definition) is 4. The van der Waals surface area contributed by atoms with Crippen molar-refractivity contribution < 1.29 is 22.3 Å².